The van der Waals surface area contributed by atoms with E-state index in [-0.39, 0.29) is 24.7 Å². The summed E-state index contributed by atoms with van der Waals surface area (Å²) in [6.45, 7) is 6.16. The summed E-state index contributed by atoms with van der Waals surface area (Å²) < 4.78 is 46.9. The second-order valence-corrected chi connectivity index (χ2v) is 9.13. The van der Waals surface area contributed by atoms with Crippen molar-refractivity contribution >= 4 is 23.1 Å². The molecule has 3 aromatic rings. The Labute approximate surface area is 188 Å². The molecule has 0 saturated heterocycles. The molecule has 1 amide bonds. The number of carbonyl (C=O) groups is 1. The minimum absolute atomic E-state index is 0.0138. The van der Waals surface area contributed by atoms with Crippen LogP contribution in [0.1, 0.15) is 58.7 Å². The first-order chi connectivity index (χ1) is 15.1. The molecule has 4 rings (SSSR count). The number of aryl methyl sites for hydroxylation is 1. The van der Waals surface area contributed by atoms with Crippen molar-refractivity contribution in [3.8, 4) is 5.75 Å². The third-order valence-corrected chi connectivity index (χ3v) is 6.44. The van der Waals surface area contributed by atoms with Gasteiger partial charge in [0.2, 0.25) is 0 Å². The minimum atomic E-state index is -4.41. The molecule has 170 valence electrons. The molecule has 0 aliphatic carbocycles. The number of carbonyl (C=O) groups excluding carboxylic acids is 1. The van der Waals surface area contributed by atoms with Crippen LogP contribution >= 0.6 is 11.3 Å². The van der Waals surface area contributed by atoms with Gasteiger partial charge >= 0.3 is 6.18 Å². The van der Waals surface area contributed by atoms with Gasteiger partial charge < -0.3 is 4.74 Å². The van der Waals surface area contributed by atoms with Crippen LogP contribution in [0, 0.1) is 6.92 Å². The Kier molecular flexibility index (Phi) is 6.03. The Balaban J connectivity index is 1.46. The monoisotopic (exact) mass is 463 g/mol. The van der Waals surface area contributed by atoms with Crippen molar-refractivity contribution in [2.45, 2.75) is 51.9 Å². The molecule has 0 bridgehead atoms. The highest BCUT2D eigenvalue weighted by molar-refractivity contribution is 7.12. The Morgan fingerprint density at radius 1 is 1.25 bits per heavy atom. The van der Waals surface area contributed by atoms with E-state index in [9.17, 15) is 18.0 Å². The average molecular weight is 464 g/mol. The van der Waals surface area contributed by atoms with Gasteiger partial charge in [0.15, 0.2) is 6.04 Å². The van der Waals surface area contributed by atoms with Crippen LogP contribution in [-0.2, 0) is 6.61 Å². The van der Waals surface area contributed by atoms with Crippen LogP contribution in [0.15, 0.2) is 41.8 Å². The number of fused-ring (bicyclic) bond motifs is 1. The fraction of sp³-hybridized carbons (Fsp3) is 0.391. The largest absolute Gasteiger partial charge is 0.489 e. The topological polar surface area (TPSA) is 47.4 Å². The standard InChI is InChI=1S/C23H24F3N3O2S/c1-14(2)17-4-6-18(7-5-17)31-12-16-11-19(32-13-16)22(30)28-9-8-20(23(24,25)26)29-21(28)10-15(3)27-29/h4-7,10-11,13-14,20H,8-9,12H2,1-3H3. The predicted molar refractivity (Wildman–Crippen MR) is 118 cm³/mol. The summed E-state index contributed by atoms with van der Waals surface area (Å²) in [6, 6.07) is 9.43. The third-order valence-electron chi connectivity index (χ3n) is 5.48. The van der Waals surface area contributed by atoms with Crippen molar-refractivity contribution in [1.29, 1.82) is 0 Å². The van der Waals surface area contributed by atoms with Crippen LogP contribution in [0.3, 0.4) is 0 Å². The van der Waals surface area contributed by atoms with Crippen LogP contribution < -0.4 is 9.64 Å². The summed E-state index contributed by atoms with van der Waals surface area (Å²) in [6.07, 6.45) is -4.64. The van der Waals surface area contributed by atoms with Crippen LogP contribution in [-0.4, -0.2) is 28.4 Å². The number of ether oxygens (including phenoxy) is 1. The van der Waals surface area contributed by atoms with E-state index in [1.54, 1.807) is 13.0 Å². The number of benzene rings is 1. The second-order valence-electron chi connectivity index (χ2n) is 8.22. The smallest absolute Gasteiger partial charge is 0.410 e. The van der Waals surface area contributed by atoms with Gasteiger partial charge in [0, 0.05) is 18.2 Å². The summed E-state index contributed by atoms with van der Waals surface area (Å²) in [7, 11) is 0. The molecule has 0 radical (unpaired) electrons. The summed E-state index contributed by atoms with van der Waals surface area (Å²) in [5.74, 6) is 1.03. The number of aromatic nitrogens is 2. The number of hydrogen-bond acceptors (Lipinski definition) is 4. The Morgan fingerprint density at radius 3 is 2.62 bits per heavy atom. The van der Waals surface area contributed by atoms with E-state index in [1.165, 1.54) is 27.9 Å². The van der Waals surface area contributed by atoms with Crippen molar-refractivity contribution in [1.82, 2.24) is 9.78 Å². The molecular formula is C23H24F3N3O2S. The Morgan fingerprint density at radius 2 is 1.97 bits per heavy atom. The lowest BCUT2D eigenvalue weighted by atomic mass is 10.0. The van der Waals surface area contributed by atoms with Gasteiger partial charge in [-0.05, 0) is 48.4 Å². The van der Waals surface area contributed by atoms with Gasteiger partial charge in [0.1, 0.15) is 18.2 Å². The van der Waals surface area contributed by atoms with Crippen LogP contribution in [0.5, 0.6) is 5.75 Å². The number of rotatable bonds is 5. The zero-order chi connectivity index (χ0) is 23.0. The molecule has 3 heterocycles. The quantitative estimate of drug-likeness (QED) is 0.459. The molecular weight excluding hydrogens is 439 g/mol. The van der Waals surface area contributed by atoms with E-state index in [2.05, 4.69) is 18.9 Å². The molecule has 0 spiro atoms. The number of thiophene rings is 1. The molecule has 0 saturated carbocycles. The molecule has 1 atom stereocenters. The first kappa shape index (κ1) is 22.4. The second kappa shape index (κ2) is 8.61. The van der Waals surface area contributed by atoms with Gasteiger partial charge in [-0.25, -0.2) is 4.68 Å². The SMILES string of the molecule is Cc1cc2n(n1)C(C(F)(F)F)CCN2C(=O)c1cc(COc2ccc(C(C)C)cc2)cs1. The number of amides is 1. The van der Waals surface area contributed by atoms with E-state index in [4.69, 9.17) is 4.74 Å². The third kappa shape index (κ3) is 4.53. The normalized spacial score (nSPS) is 16.3. The Bertz CT molecular complexity index is 1100. The zero-order valence-electron chi connectivity index (χ0n) is 18.0. The van der Waals surface area contributed by atoms with Crippen molar-refractivity contribution < 1.29 is 22.7 Å². The summed E-state index contributed by atoms with van der Waals surface area (Å²) in [5, 5.41) is 5.83. The fourth-order valence-electron chi connectivity index (χ4n) is 3.74. The minimum Gasteiger partial charge on any atom is -0.489 e. The molecule has 1 aliphatic rings. The van der Waals surface area contributed by atoms with Crippen molar-refractivity contribution in [2.24, 2.45) is 0 Å². The summed E-state index contributed by atoms with van der Waals surface area (Å²) >= 11 is 1.26. The lowest BCUT2D eigenvalue weighted by molar-refractivity contribution is -0.172. The van der Waals surface area contributed by atoms with E-state index in [0.717, 1.165) is 16.0 Å². The van der Waals surface area contributed by atoms with E-state index in [1.807, 2.05) is 29.6 Å². The van der Waals surface area contributed by atoms with Gasteiger partial charge in [0.05, 0.1) is 10.6 Å². The first-order valence-corrected chi connectivity index (χ1v) is 11.3. The highest BCUT2D eigenvalue weighted by Crippen LogP contribution is 2.40. The maximum Gasteiger partial charge on any atom is 0.410 e. The van der Waals surface area contributed by atoms with Gasteiger partial charge in [-0.1, -0.05) is 26.0 Å². The summed E-state index contributed by atoms with van der Waals surface area (Å²) in [5.41, 5.74) is 2.50. The maximum atomic E-state index is 13.4. The van der Waals surface area contributed by atoms with E-state index >= 15 is 0 Å². The zero-order valence-corrected chi connectivity index (χ0v) is 18.8. The summed E-state index contributed by atoms with van der Waals surface area (Å²) in [4.78, 5) is 14.9. The van der Waals surface area contributed by atoms with Crippen molar-refractivity contribution in [3.05, 3.63) is 63.5 Å². The molecule has 5 nitrogen and oxygen atoms in total. The van der Waals surface area contributed by atoms with Gasteiger partial charge in [0.25, 0.3) is 5.91 Å². The number of hydrogen-bond donors (Lipinski definition) is 0. The fourth-order valence-corrected chi connectivity index (χ4v) is 4.59. The molecule has 1 aliphatic heterocycles. The van der Waals surface area contributed by atoms with Crippen molar-refractivity contribution in [2.75, 3.05) is 11.4 Å². The lowest BCUT2D eigenvalue weighted by Crippen LogP contribution is -2.42. The van der Waals surface area contributed by atoms with Gasteiger partial charge in [-0.15, -0.1) is 11.3 Å². The molecule has 1 aromatic carbocycles. The van der Waals surface area contributed by atoms with Crippen molar-refractivity contribution in [3.63, 3.8) is 0 Å². The molecule has 0 N–H and O–H groups in total. The molecule has 2 aromatic heterocycles. The maximum absolute atomic E-state index is 13.4. The highest BCUT2D eigenvalue weighted by Gasteiger charge is 2.46. The van der Waals surface area contributed by atoms with Gasteiger partial charge in [-0.3, -0.25) is 9.69 Å². The number of anilines is 1. The number of alkyl halides is 3. The molecule has 32 heavy (non-hydrogen) atoms. The van der Waals surface area contributed by atoms with E-state index < -0.39 is 12.2 Å². The van der Waals surface area contributed by atoms with Gasteiger partial charge in [-0.2, -0.15) is 18.3 Å². The molecule has 9 heteroatoms. The van der Waals surface area contributed by atoms with Crippen LogP contribution in [0.25, 0.3) is 0 Å². The average Bonchev–Trinajstić information content (AvgIpc) is 3.36. The van der Waals surface area contributed by atoms with E-state index in [0.29, 0.717) is 23.1 Å². The number of halogens is 3. The molecule has 1 unspecified atom stereocenters. The first-order valence-electron chi connectivity index (χ1n) is 10.4. The number of nitrogens with zero attached hydrogens (tertiary/aromatic N) is 3. The highest BCUT2D eigenvalue weighted by atomic mass is 32.1. The Hall–Kier alpha value is -2.81. The van der Waals surface area contributed by atoms with Crippen LogP contribution in [0.4, 0.5) is 19.0 Å². The predicted octanol–water partition coefficient (Wildman–Crippen LogP) is 6.11. The van der Waals surface area contributed by atoms with Crippen LogP contribution in [0.2, 0.25) is 0 Å². The molecule has 0 fully saturated rings. The lowest BCUT2D eigenvalue weighted by Gasteiger charge is -2.33.